The third-order valence-corrected chi connectivity index (χ3v) is 5.45. The summed E-state index contributed by atoms with van der Waals surface area (Å²) in [6, 6.07) is 0.426. The van der Waals surface area contributed by atoms with Crippen LogP contribution in [-0.2, 0) is 4.74 Å². The molecule has 1 aliphatic heterocycles. The van der Waals surface area contributed by atoms with Crippen LogP contribution in [0.3, 0.4) is 0 Å². The molecule has 0 saturated carbocycles. The largest absolute Gasteiger partial charge is 0.479 e. The summed E-state index contributed by atoms with van der Waals surface area (Å²) in [5, 5.41) is 8.73. The number of nitrogens with zero attached hydrogens (tertiary/aromatic N) is 1. The molecule has 0 aliphatic carbocycles. The Hall–Kier alpha value is -0.830. The van der Waals surface area contributed by atoms with Crippen molar-refractivity contribution >= 4 is 5.90 Å². The van der Waals surface area contributed by atoms with E-state index >= 15 is 0 Å². The third-order valence-electron chi connectivity index (χ3n) is 5.45. The first-order valence-corrected chi connectivity index (χ1v) is 11.8. The molecule has 1 unspecified atom stereocenters. The van der Waals surface area contributed by atoms with E-state index in [-0.39, 0.29) is 0 Å². The van der Waals surface area contributed by atoms with Crippen LogP contribution in [0.1, 0.15) is 116 Å². The average Bonchev–Trinajstić information content (AvgIpc) is 3.15. The summed E-state index contributed by atoms with van der Waals surface area (Å²) in [6.45, 7) is 3.35. The van der Waals surface area contributed by atoms with Gasteiger partial charge in [-0.25, -0.2) is 4.99 Å². The molecule has 1 heterocycles. The van der Waals surface area contributed by atoms with Gasteiger partial charge in [0, 0.05) is 13.0 Å². The minimum Gasteiger partial charge on any atom is -0.479 e. The molecule has 3 heteroatoms. The van der Waals surface area contributed by atoms with Crippen LogP contribution >= 0.6 is 0 Å². The molecule has 0 amide bonds. The van der Waals surface area contributed by atoms with Crippen LogP contribution in [0, 0.1) is 0 Å². The van der Waals surface area contributed by atoms with Crippen molar-refractivity contribution in [1.29, 1.82) is 0 Å². The first-order valence-electron chi connectivity index (χ1n) is 11.8. The molecule has 1 rings (SSSR count). The zero-order chi connectivity index (χ0) is 19.4. The minimum absolute atomic E-state index is 0.357. The summed E-state index contributed by atoms with van der Waals surface area (Å²) in [6.07, 6.45) is 26.3. The maximum Gasteiger partial charge on any atom is 0.183 e. The molecule has 1 atom stereocenters. The van der Waals surface area contributed by atoms with Crippen molar-refractivity contribution in [3.63, 3.8) is 0 Å². The number of allylic oxidation sites excluding steroid dienone is 2. The number of ether oxygens (including phenoxy) is 1. The summed E-state index contributed by atoms with van der Waals surface area (Å²) in [4.78, 5) is 4.60. The SMILES string of the molecule is CCC1COC(CCCCCCCCC=CCCCCCCCCCO)=N1. The van der Waals surface area contributed by atoms with E-state index in [4.69, 9.17) is 9.84 Å². The molecule has 0 aromatic carbocycles. The van der Waals surface area contributed by atoms with Gasteiger partial charge in [-0.2, -0.15) is 0 Å². The third kappa shape index (κ3) is 14.8. The van der Waals surface area contributed by atoms with E-state index in [9.17, 15) is 0 Å². The lowest BCUT2D eigenvalue weighted by Crippen LogP contribution is -2.03. The van der Waals surface area contributed by atoms with Crippen molar-refractivity contribution in [2.24, 2.45) is 4.99 Å². The van der Waals surface area contributed by atoms with Gasteiger partial charge in [-0.15, -0.1) is 0 Å². The van der Waals surface area contributed by atoms with Crippen LogP contribution in [0.15, 0.2) is 17.1 Å². The lowest BCUT2D eigenvalue weighted by atomic mass is 10.1. The molecule has 1 N–H and O–H groups in total. The smallest absolute Gasteiger partial charge is 0.183 e. The fraction of sp³-hybridized carbons (Fsp3) is 0.875. The molecule has 1 aliphatic rings. The molecular weight excluding hydrogens is 334 g/mol. The van der Waals surface area contributed by atoms with Crippen LogP contribution in [0.25, 0.3) is 0 Å². The van der Waals surface area contributed by atoms with Crippen LogP contribution in [0.5, 0.6) is 0 Å². The maximum absolute atomic E-state index is 8.73. The molecule has 0 radical (unpaired) electrons. The van der Waals surface area contributed by atoms with Crippen molar-refractivity contribution in [2.45, 2.75) is 122 Å². The summed E-state index contributed by atoms with van der Waals surface area (Å²) in [5.41, 5.74) is 0. The highest BCUT2D eigenvalue weighted by Gasteiger charge is 2.15. The molecule has 3 nitrogen and oxygen atoms in total. The first kappa shape index (κ1) is 24.2. The highest BCUT2D eigenvalue weighted by molar-refractivity contribution is 5.77. The van der Waals surface area contributed by atoms with Gasteiger partial charge in [0.2, 0.25) is 0 Å². The van der Waals surface area contributed by atoms with E-state index in [0.717, 1.165) is 31.8 Å². The Morgan fingerprint density at radius 2 is 1.33 bits per heavy atom. The number of aliphatic hydroxyl groups is 1. The van der Waals surface area contributed by atoms with Crippen LogP contribution in [-0.4, -0.2) is 30.3 Å². The average molecular weight is 380 g/mol. The number of aliphatic imine (C=N–C) groups is 1. The highest BCUT2D eigenvalue weighted by atomic mass is 16.5. The standard InChI is InChI=1S/C24H45NO2/c1-2-23-22-27-24(25-23)20-18-16-14-12-10-8-6-4-3-5-7-9-11-13-15-17-19-21-26/h3-4,23,26H,2,5-22H2,1H3. The lowest BCUT2D eigenvalue weighted by Gasteiger charge is -2.02. The van der Waals surface area contributed by atoms with E-state index in [0.29, 0.717) is 12.6 Å². The monoisotopic (exact) mass is 379 g/mol. The van der Waals surface area contributed by atoms with E-state index in [1.807, 2.05) is 0 Å². The molecule has 0 fully saturated rings. The molecular formula is C24H45NO2. The number of unbranched alkanes of at least 4 members (excludes halogenated alkanes) is 13. The van der Waals surface area contributed by atoms with Crippen molar-refractivity contribution in [2.75, 3.05) is 13.2 Å². The quantitative estimate of drug-likeness (QED) is 0.194. The second-order valence-electron chi connectivity index (χ2n) is 8.01. The van der Waals surface area contributed by atoms with E-state index < -0.39 is 0 Å². The summed E-state index contributed by atoms with van der Waals surface area (Å²) < 4.78 is 5.62. The van der Waals surface area contributed by atoms with Gasteiger partial charge < -0.3 is 9.84 Å². The predicted octanol–water partition coefficient (Wildman–Crippen LogP) is 6.98. The van der Waals surface area contributed by atoms with Crippen molar-refractivity contribution in [3.05, 3.63) is 12.2 Å². The molecule has 0 aromatic rings. The number of aliphatic hydroxyl groups excluding tert-OH is 1. The van der Waals surface area contributed by atoms with Crippen LogP contribution in [0.4, 0.5) is 0 Å². The first-order chi connectivity index (χ1) is 13.4. The van der Waals surface area contributed by atoms with E-state index in [1.165, 1.54) is 89.9 Å². The maximum atomic E-state index is 8.73. The topological polar surface area (TPSA) is 41.8 Å². The zero-order valence-corrected chi connectivity index (χ0v) is 18.0. The Morgan fingerprint density at radius 3 is 1.85 bits per heavy atom. The van der Waals surface area contributed by atoms with E-state index in [1.54, 1.807) is 0 Å². The van der Waals surface area contributed by atoms with Gasteiger partial charge >= 0.3 is 0 Å². The summed E-state index contributed by atoms with van der Waals surface area (Å²) in [5.74, 6) is 1.01. The fourth-order valence-electron chi connectivity index (χ4n) is 3.56. The molecule has 0 bridgehead atoms. The molecule has 0 saturated heterocycles. The predicted molar refractivity (Wildman–Crippen MR) is 118 cm³/mol. The van der Waals surface area contributed by atoms with E-state index in [2.05, 4.69) is 24.1 Å². The van der Waals surface area contributed by atoms with Crippen LogP contribution < -0.4 is 0 Å². The summed E-state index contributed by atoms with van der Waals surface area (Å²) in [7, 11) is 0. The van der Waals surface area contributed by atoms with Gasteiger partial charge in [0.25, 0.3) is 0 Å². The van der Waals surface area contributed by atoms with Gasteiger partial charge in [-0.3, -0.25) is 0 Å². The van der Waals surface area contributed by atoms with Crippen molar-refractivity contribution < 1.29 is 9.84 Å². The van der Waals surface area contributed by atoms with Gasteiger partial charge in [-0.05, 0) is 44.9 Å². The Labute approximate surface area is 168 Å². The Kier molecular flexibility index (Phi) is 16.6. The lowest BCUT2D eigenvalue weighted by molar-refractivity contribution is 0.282. The normalized spacial score (nSPS) is 16.8. The van der Waals surface area contributed by atoms with Crippen LogP contribution in [0.2, 0.25) is 0 Å². The number of hydrogen-bond acceptors (Lipinski definition) is 3. The number of hydrogen-bond donors (Lipinski definition) is 1. The van der Waals surface area contributed by atoms with Gasteiger partial charge in [-0.1, -0.05) is 76.9 Å². The minimum atomic E-state index is 0.357. The fourth-order valence-corrected chi connectivity index (χ4v) is 3.56. The van der Waals surface area contributed by atoms with Gasteiger partial charge in [0.05, 0.1) is 6.04 Å². The molecule has 0 aromatic heterocycles. The van der Waals surface area contributed by atoms with Crippen molar-refractivity contribution in [3.8, 4) is 0 Å². The van der Waals surface area contributed by atoms with Gasteiger partial charge in [0.15, 0.2) is 5.90 Å². The summed E-state index contributed by atoms with van der Waals surface area (Å²) >= 11 is 0. The molecule has 0 spiro atoms. The highest BCUT2D eigenvalue weighted by Crippen LogP contribution is 2.14. The Morgan fingerprint density at radius 1 is 0.815 bits per heavy atom. The van der Waals surface area contributed by atoms with Crippen molar-refractivity contribution in [1.82, 2.24) is 0 Å². The second-order valence-corrected chi connectivity index (χ2v) is 8.01. The molecule has 27 heavy (non-hydrogen) atoms. The Bertz CT molecular complexity index is 379. The Balaban J connectivity index is 1.74. The molecule has 158 valence electrons. The number of rotatable bonds is 19. The zero-order valence-electron chi connectivity index (χ0n) is 18.0. The van der Waals surface area contributed by atoms with Gasteiger partial charge in [0.1, 0.15) is 6.61 Å². The second kappa shape index (κ2) is 18.5.